The minimum Gasteiger partial charge on any atom is -0.265 e. The van der Waals surface area contributed by atoms with E-state index in [9.17, 15) is 8.42 Å². The van der Waals surface area contributed by atoms with E-state index < -0.39 is 10.3 Å². The molecule has 4 nitrogen and oxygen atoms in total. The van der Waals surface area contributed by atoms with Gasteiger partial charge in [-0.2, -0.15) is 8.42 Å². The van der Waals surface area contributed by atoms with Crippen LogP contribution in [0.15, 0.2) is 11.8 Å². The van der Waals surface area contributed by atoms with Crippen LogP contribution in [0, 0.1) is 5.92 Å². The minimum atomic E-state index is -3.56. The Morgan fingerprint density at radius 2 is 2.25 bits per heavy atom. The molecule has 0 aromatic rings. The second-order valence-corrected chi connectivity index (χ2v) is 5.57. The lowest BCUT2D eigenvalue weighted by atomic mass is 10.0. The summed E-state index contributed by atoms with van der Waals surface area (Å²) in [5, 5.41) is 0. The molecule has 1 aliphatic rings. The molecule has 1 N–H and O–H groups in total. The molecule has 94 valence electrons. The predicted octanol–water partition coefficient (Wildman–Crippen LogP) is 2.34. The lowest BCUT2D eigenvalue weighted by molar-refractivity contribution is 0.306. The van der Waals surface area contributed by atoms with Gasteiger partial charge in [-0.05, 0) is 25.2 Å². The fourth-order valence-corrected chi connectivity index (χ4v) is 2.61. The van der Waals surface area contributed by atoms with Crippen LogP contribution in [-0.2, 0) is 14.5 Å². The number of rotatable bonds is 4. The zero-order valence-electron chi connectivity index (χ0n) is 10.0. The van der Waals surface area contributed by atoms with E-state index in [0.717, 1.165) is 25.0 Å². The zero-order valence-corrected chi connectivity index (χ0v) is 10.8. The molecule has 0 aromatic heterocycles. The molecule has 0 amide bonds. The third-order valence-electron chi connectivity index (χ3n) is 2.74. The molecular formula is C11H21NO3S. The van der Waals surface area contributed by atoms with Gasteiger partial charge in [-0.3, -0.25) is 8.91 Å². The van der Waals surface area contributed by atoms with Gasteiger partial charge in [0, 0.05) is 5.70 Å². The van der Waals surface area contributed by atoms with E-state index >= 15 is 0 Å². The lowest BCUT2D eigenvalue weighted by Gasteiger charge is -2.11. The van der Waals surface area contributed by atoms with E-state index in [4.69, 9.17) is 4.18 Å². The fourth-order valence-electron chi connectivity index (χ4n) is 1.66. The van der Waals surface area contributed by atoms with Crippen LogP contribution in [0.2, 0.25) is 0 Å². The van der Waals surface area contributed by atoms with Gasteiger partial charge in [0.05, 0.1) is 6.61 Å². The zero-order chi connectivity index (χ0) is 12.0. The predicted molar refractivity (Wildman–Crippen MR) is 64.0 cm³/mol. The third-order valence-corrected chi connectivity index (χ3v) is 3.70. The quantitative estimate of drug-likeness (QED) is 0.776. The van der Waals surface area contributed by atoms with Crippen LogP contribution in [0.25, 0.3) is 0 Å². The highest BCUT2D eigenvalue weighted by molar-refractivity contribution is 7.84. The molecule has 0 bridgehead atoms. The summed E-state index contributed by atoms with van der Waals surface area (Å²) in [6.07, 6.45) is 7.12. The molecule has 1 saturated heterocycles. The maximum Gasteiger partial charge on any atom is 0.359 e. The SMILES string of the molecule is CCCCC/C=C1/NS(=O)(=O)OCCC1C. The molecule has 0 radical (unpaired) electrons. The van der Waals surface area contributed by atoms with Gasteiger partial charge in [-0.15, -0.1) is 0 Å². The summed E-state index contributed by atoms with van der Waals surface area (Å²) in [6, 6.07) is 0. The van der Waals surface area contributed by atoms with Gasteiger partial charge in [0.2, 0.25) is 0 Å². The van der Waals surface area contributed by atoms with Crippen molar-refractivity contribution in [3.05, 3.63) is 11.8 Å². The maximum atomic E-state index is 11.3. The molecule has 1 aliphatic heterocycles. The van der Waals surface area contributed by atoms with Crippen molar-refractivity contribution in [3.8, 4) is 0 Å². The number of hydrogen-bond donors (Lipinski definition) is 1. The normalized spacial score (nSPS) is 27.4. The summed E-state index contributed by atoms with van der Waals surface area (Å²) in [4.78, 5) is 0. The van der Waals surface area contributed by atoms with E-state index in [-0.39, 0.29) is 12.5 Å². The Morgan fingerprint density at radius 1 is 1.50 bits per heavy atom. The molecule has 5 heteroatoms. The highest BCUT2D eigenvalue weighted by Crippen LogP contribution is 2.19. The van der Waals surface area contributed by atoms with Crippen LogP contribution in [0.1, 0.15) is 46.0 Å². The van der Waals surface area contributed by atoms with Crippen molar-refractivity contribution >= 4 is 10.3 Å². The summed E-state index contributed by atoms with van der Waals surface area (Å²) < 4.78 is 29.9. The maximum absolute atomic E-state index is 11.3. The first-order chi connectivity index (χ1) is 7.55. The molecule has 1 rings (SSSR count). The van der Waals surface area contributed by atoms with Gasteiger partial charge >= 0.3 is 10.3 Å². The topological polar surface area (TPSA) is 55.4 Å². The van der Waals surface area contributed by atoms with Crippen LogP contribution >= 0.6 is 0 Å². The van der Waals surface area contributed by atoms with Crippen LogP contribution < -0.4 is 4.72 Å². The van der Waals surface area contributed by atoms with Crippen LogP contribution in [0.4, 0.5) is 0 Å². The molecule has 1 atom stereocenters. The van der Waals surface area contributed by atoms with Gasteiger partial charge in [0.25, 0.3) is 0 Å². The second-order valence-electron chi connectivity index (χ2n) is 4.22. The van der Waals surface area contributed by atoms with Crippen LogP contribution in [0.3, 0.4) is 0 Å². The molecule has 0 aromatic carbocycles. The average Bonchev–Trinajstić information content (AvgIpc) is 2.33. The van der Waals surface area contributed by atoms with E-state index in [1.807, 2.05) is 13.0 Å². The average molecular weight is 247 g/mol. The highest BCUT2D eigenvalue weighted by Gasteiger charge is 2.21. The smallest absolute Gasteiger partial charge is 0.265 e. The minimum absolute atomic E-state index is 0.221. The van der Waals surface area contributed by atoms with Gasteiger partial charge < -0.3 is 0 Å². The van der Waals surface area contributed by atoms with E-state index in [2.05, 4.69) is 11.6 Å². The Balaban J connectivity index is 2.60. The standard InChI is InChI=1S/C11H21NO3S/c1-3-4-5-6-7-11-10(2)8-9-15-16(13,14)12-11/h7,10,12H,3-6,8-9H2,1-2H3/b11-7+. The van der Waals surface area contributed by atoms with Crippen molar-refractivity contribution in [1.82, 2.24) is 4.72 Å². The largest absolute Gasteiger partial charge is 0.359 e. The molecule has 0 aliphatic carbocycles. The van der Waals surface area contributed by atoms with Gasteiger partial charge in [-0.25, -0.2) is 0 Å². The van der Waals surface area contributed by atoms with E-state index in [1.54, 1.807) is 0 Å². The monoisotopic (exact) mass is 247 g/mol. The summed E-state index contributed by atoms with van der Waals surface area (Å²) in [7, 11) is -3.56. The van der Waals surface area contributed by atoms with Crippen molar-refractivity contribution in [2.45, 2.75) is 46.0 Å². The number of hydrogen-bond acceptors (Lipinski definition) is 3. The van der Waals surface area contributed by atoms with E-state index in [1.165, 1.54) is 12.8 Å². The van der Waals surface area contributed by atoms with E-state index in [0.29, 0.717) is 0 Å². The fraction of sp³-hybridized carbons (Fsp3) is 0.818. The summed E-state index contributed by atoms with van der Waals surface area (Å²) in [5.41, 5.74) is 0.786. The van der Waals surface area contributed by atoms with Gasteiger partial charge in [-0.1, -0.05) is 32.8 Å². The van der Waals surface area contributed by atoms with Crippen molar-refractivity contribution in [3.63, 3.8) is 0 Å². The second kappa shape index (κ2) is 6.25. The third kappa shape index (κ3) is 4.53. The lowest BCUT2D eigenvalue weighted by Crippen LogP contribution is -2.24. The van der Waals surface area contributed by atoms with Crippen molar-refractivity contribution in [1.29, 1.82) is 0 Å². The molecule has 16 heavy (non-hydrogen) atoms. The number of unbranched alkanes of at least 4 members (excludes halogenated alkanes) is 3. The summed E-state index contributed by atoms with van der Waals surface area (Å²) in [6.45, 7) is 4.43. The molecule has 0 saturated carbocycles. The first kappa shape index (κ1) is 13.5. The van der Waals surface area contributed by atoms with Crippen LogP contribution in [0.5, 0.6) is 0 Å². The van der Waals surface area contributed by atoms with Crippen molar-refractivity contribution < 1.29 is 12.6 Å². The number of allylic oxidation sites excluding steroid dienone is 2. The molecule has 1 unspecified atom stereocenters. The molecular weight excluding hydrogens is 226 g/mol. The van der Waals surface area contributed by atoms with Crippen molar-refractivity contribution in [2.24, 2.45) is 5.92 Å². The van der Waals surface area contributed by atoms with Gasteiger partial charge in [0.15, 0.2) is 0 Å². The first-order valence-electron chi connectivity index (χ1n) is 5.92. The first-order valence-corrected chi connectivity index (χ1v) is 7.33. The molecule has 1 fully saturated rings. The van der Waals surface area contributed by atoms with Crippen molar-refractivity contribution in [2.75, 3.05) is 6.61 Å². The molecule has 1 heterocycles. The highest BCUT2D eigenvalue weighted by atomic mass is 32.2. The Morgan fingerprint density at radius 3 is 2.94 bits per heavy atom. The number of nitrogens with one attached hydrogen (secondary N) is 1. The Kier molecular flexibility index (Phi) is 5.28. The van der Waals surface area contributed by atoms with Gasteiger partial charge in [0.1, 0.15) is 0 Å². The Bertz CT molecular complexity index is 335. The summed E-state index contributed by atoms with van der Waals surface area (Å²) in [5.74, 6) is 0.221. The summed E-state index contributed by atoms with van der Waals surface area (Å²) >= 11 is 0. The molecule has 0 spiro atoms. The van der Waals surface area contributed by atoms with Crippen LogP contribution in [-0.4, -0.2) is 15.0 Å². The Labute approximate surface area is 98.3 Å². The Hall–Kier alpha value is -0.550.